The highest BCUT2D eigenvalue weighted by Crippen LogP contribution is 2.44. The first-order chi connectivity index (χ1) is 9.58. The second kappa shape index (κ2) is 5.39. The molecule has 1 aromatic carbocycles. The van der Waals surface area contributed by atoms with Crippen LogP contribution in [0.3, 0.4) is 0 Å². The van der Waals surface area contributed by atoms with E-state index in [1.165, 1.54) is 4.88 Å². The van der Waals surface area contributed by atoms with Crippen LogP contribution in [-0.4, -0.2) is 12.2 Å². The molecule has 1 aromatic heterocycles. The Labute approximate surface area is 130 Å². The molecule has 3 nitrogen and oxygen atoms in total. The predicted octanol–water partition coefficient (Wildman–Crippen LogP) is 4.38. The lowest BCUT2D eigenvalue weighted by molar-refractivity contribution is 0.0671. The van der Waals surface area contributed by atoms with E-state index in [1.807, 2.05) is 18.2 Å². The van der Waals surface area contributed by atoms with Crippen molar-refractivity contribution in [2.45, 2.75) is 25.6 Å². The lowest BCUT2D eigenvalue weighted by Gasteiger charge is -2.29. The third kappa shape index (κ3) is 2.45. The molecule has 1 N–H and O–H groups in total. The summed E-state index contributed by atoms with van der Waals surface area (Å²) in [6.07, 6.45) is -0.0621. The van der Waals surface area contributed by atoms with E-state index in [9.17, 15) is 5.11 Å². The van der Waals surface area contributed by atoms with Crippen LogP contribution >= 0.6 is 27.3 Å². The van der Waals surface area contributed by atoms with Gasteiger partial charge in [-0.2, -0.15) is 0 Å². The Morgan fingerprint density at radius 1 is 1.40 bits per heavy atom. The Hall–Kier alpha value is -1.04. The third-order valence-corrected chi connectivity index (χ3v) is 5.70. The van der Waals surface area contributed by atoms with Crippen LogP contribution in [0.5, 0.6) is 11.5 Å². The van der Waals surface area contributed by atoms with E-state index in [-0.39, 0.29) is 6.10 Å². The molecule has 0 saturated heterocycles. The summed E-state index contributed by atoms with van der Waals surface area (Å²) in [5.41, 5.74) is 0.799. The summed E-state index contributed by atoms with van der Waals surface area (Å²) in [5.74, 6) is 1.47. The zero-order valence-corrected chi connectivity index (χ0v) is 13.6. The molecule has 2 aromatic rings. The van der Waals surface area contributed by atoms with Crippen LogP contribution in [0, 0.1) is 6.92 Å². The van der Waals surface area contributed by atoms with Crippen molar-refractivity contribution in [2.75, 3.05) is 7.11 Å². The molecule has 1 aliphatic heterocycles. The number of hydrogen-bond donors (Lipinski definition) is 1. The maximum absolute atomic E-state index is 10.3. The number of rotatable bonds is 2. The monoisotopic (exact) mass is 354 g/mol. The van der Waals surface area contributed by atoms with Gasteiger partial charge in [-0.3, -0.25) is 0 Å². The van der Waals surface area contributed by atoms with Gasteiger partial charge < -0.3 is 14.6 Å². The number of fused-ring (bicyclic) bond motifs is 1. The molecule has 0 fully saturated rings. The Balaban J connectivity index is 1.92. The zero-order chi connectivity index (χ0) is 14.3. The molecular weight excluding hydrogens is 340 g/mol. The van der Waals surface area contributed by atoms with Crippen molar-refractivity contribution < 1.29 is 14.6 Å². The fourth-order valence-electron chi connectivity index (χ4n) is 2.37. The van der Waals surface area contributed by atoms with Crippen LogP contribution in [0.2, 0.25) is 0 Å². The van der Waals surface area contributed by atoms with Gasteiger partial charge in [-0.25, -0.2) is 0 Å². The van der Waals surface area contributed by atoms with E-state index in [0.717, 1.165) is 26.4 Å². The minimum Gasteiger partial charge on any atom is -0.497 e. The molecule has 2 heterocycles. The van der Waals surface area contributed by atoms with Gasteiger partial charge >= 0.3 is 0 Å². The molecule has 0 spiro atoms. The number of aryl methyl sites for hydroxylation is 1. The Morgan fingerprint density at radius 2 is 2.20 bits per heavy atom. The molecule has 0 bridgehead atoms. The fraction of sp³-hybridized carbons (Fsp3) is 0.333. The van der Waals surface area contributed by atoms with Gasteiger partial charge in [-0.1, -0.05) is 0 Å². The summed E-state index contributed by atoms with van der Waals surface area (Å²) in [4.78, 5) is 2.36. The lowest BCUT2D eigenvalue weighted by atomic mass is 9.98. The average molecular weight is 355 g/mol. The van der Waals surface area contributed by atoms with Crippen LogP contribution in [0.1, 0.15) is 33.9 Å². The summed E-state index contributed by atoms with van der Waals surface area (Å²) in [6, 6.07) is 7.63. The molecule has 5 heteroatoms. The van der Waals surface area contributed by atoms with E-state index < -0.39 is 6.10 Å². The first-order valence-corrected chi connectivity index (χ1v) is 7.98. The molecule has 0 amide bonds. The standard InChI is InChI=1S/C15H15BrO3S/c1-8-11(16)6-15(20-8)14-7-12(17)10-5-9(18-2)3-4-13(10)19-14/h3-6,12,14,17H,7H2,1-2H3. The van der Waals surface area contributed by atoms with E-state index in [1.54, 1.807) is 18.4 Å². The van der Waals surface area contributed by atoms with E-state index in [0.29, 0.717) is 6.42 Å². The summed E-state index contributed by atoms with van der Waals surface area (Å²) < 4.78 is 12.3. The third-order valence-electron chi connectivity index (χ3n) is 3.48. The smallest absolute Gasteiger partial charge is 0.136 e. The largest absolute Gasteiger partial charge is 0.497 e. The Kier molecular flexibility index (Phi) is 3.75. The number of aliphatic hydroxyl groups is 1. The summed E-state index contributed by atoms with van der Waals surface area (Å²) in [5, 5.41) is 10.3. The number of benzene rings is 1. The number of ether oxygens (including phenoxy) is 2. The highest BCUT2D eigenvalue weighted by Gasteiger charge is 2.29. The van der Waals surface area contributed by atoms with Crippen LogP contribution in [0.25, 0.3) is 0 Å². The summed E-state index contributed by atoms with van der Waals surface area (Å²) >= 11 is 5.22. The quantitative estimate of drug-likeness (QED) is 0.869. The molecule has 2 unspecified atom stereocenters. The van der Waals surface area contributed by atoms with Crippen molar-refractivity contribution in [3.63, 3.8) is 0 Å². The van der Waals surface area contributed by atoms with Crippen LogP contribution in [-0.2, 0) is 0 Å². The van der Waals surface area contributed by atoms with Crippen molar-refractivity contribution in [3.05, 3.63) is 44.1 Å². The van der Waals surface area contributed by atoms with Gasteiger partial charge in [-0.05, 0) is 47.1 Å². The summed E-state index contributed by atoms with van der Waals surface area (Å²) in [7, 11) is 1.62. The first kappa shape index (κ1) is 13.9. The molecule has 3 rings (SSSR count). The number of methoxy groups -OCH3 is 1. The minimum absolute atomic E-state index is 0.0964. The molecule has 2 atom stereocenters. The average Bonchev–Trinajstić information content (AvgIpc) is 2.78. The topological polar surface area (TPSA) is 38.7 Å². The van der Waals surface area contributed by atoms with Crippen LogP contribution < -0.4 is 9.47 Å². The van der Waals surface area contributed by atoms with Gasteiger partial charge in [0, 0.05) is 26.2 Å². The number of thiophene rings is 1. The van der Waals surface area contributed by atoms with Crippen molar-refractivity contribution in [2.24, 2.45) is 0 Å². The minimum atomic E-state index is -0.528. The number of aliphatic hydroxyl groups excluding tert-OH is 1. The van der Waals surface area contributed by atoms with Gasteiger partial charge in [0.1, 0.15) is 17.6 Å². The van der Waals surface area contributed by atoms with Crippen LogP contribution in [0.15, 0.2) is 28.7 Å². The van der Waals surface area contributed by atoms with Gasteiger partial charge in [0.05, 0.1) is 13.2 Å². The second-order valence-corrected chi connectivity index (χ2v) is 6.96. The van der Waals surface area contributed by atoms with Gasteiger partial charge in [0.15, 0.2) is 0 Å². The highest BCUT2D eigenvalue weighted by molar-refractivity contribution is 9.10. The van der Waals surface area contributed by atoms with Gasteiger partial charge in [-0.15, -0.1) is 11.3 Å². The van der Waals surface area contributed by atoms with Crippen molar-refractivity contribution in [1.82, 2.24) is 0 Å². The van der Waals surface area contributed by atoms with Crippen LogP contribution in [0.4, 0.5) is 0 Å². The predicted molar refractivity (Wildman–Crippen MR) is 82.7 cm³/mol. The molecule has 1 aliphatic rings. The van der Waals surface area contributed by atoms with E-state index in [2.05, 4.69) is 28.9 Å². The highest BCUT2D eigenvalue weighted by atomic mass is 79.9. The molecule has 20 heavy (non-hydrogen) atoms. The van der Waals surface area contributed by atoms with Crippen molar-refractivity contribution in [1.29, 1.82) is 0 Å². The fourth-order valence-corrected chi connectivity index (χ4v) is 3.97. The van der Waals surface area contributed by atoms with Gasteiger partial charge in [0.2, 0.25) is 0 Å². The van der Waals surface area contributed by atoms with Gasteiger partial charge in [0.25, 0.3) is 0 Å². The maximum atomic E-state index is 10.3. The molecule has 106 valence electrons. The Morgan fingerprint density at radius 3 is 2.85 bits per heavy atom. The van der Waals surface area contributed by atoms with Crippen molar-refractivity contribution >= 4 is 27.3 Å². The summed E-state index contributed by atoms with van der Waals surface area (Å²) in [6.45, 7) is 2.07. The molecule has 0 saturated carbocycles. The Bertz CT molecular complexity index is 619. The number of hydrogen-bond acceptors (Lipinski definition) is 4. The molecule has 0 aliphatic carbocycles. The number of halogens is 1. The maximum Gasteiger partial charge on any atom is 0.136 e. The first-order valence-electron chi connectivity index (χ1n) is 6.37. The van der Waals surface area contributed by atoms with Crippen molar-refractivity contribution in [3.8, 4) is 11.5 Å². The zero-order valence-electron chi connectivity index (χ0n) is 11.2. The normalized spacial score (nSPS) is 21.2. The molecule has 0 radical (unpaired) electrons. The SMILES string of the molecule is COc1ccc2c(c1)C(O)CC(c1cc(Br)c(C)s1)O2. The molecular formula is C15H15BrO3S. The van der Waals surface area contributed by atoms with E-state index >= 15 is 0 Å². The van der Waals surface area contributed by atoms with E-state index in [4.69, 9.17) is 9.47 Å². The lowest BCUT2D eigenvalue weighted by Crippen LogP contribution is -2.18. The second-order valence-electron chi connectivity index (χ2n) is 4.81.